The van der Waals surface area contributed by atoms with Gasteiger partial charge in [-0.2, -0.15) is 8.42 Å². The first kappa shape index (κ1) is 51.6. The minimum Gasteiger partial charge on any atom is -0.499 e. The van der Waals surface area contributed by atoms with Gasteiger partial charge in [-0.15, -0.1) is 0 Å². The zero-order valence-corrected chi connectivity index (χ0v) is 30.0. The lowest BCUT2D eigenvalue weighted by atomic mass is 10.5. The Morgan fingerprint density at radius 1 is 0.692 bits per heavy atom. The highest BCUT2D eigenvalue weighted by molar-refractivity contribution is 7.85. The molecule has 1 heterocycles. The van der Waals surface area contributed by atoms with E-state index in [2.05, 4.69) is 47.4 Å². The van der Waals surface area contributed by atoms with Gasteiger partial charge in [0.1, 0.15) is 37.9 Å². The van der Waals surface area contributed by atoms with Crippen LogP contribution in [0.3, 0.4) is 0 Å². The first-order chi connectivity index (χ1) is 24.8. The van der Waals surface area contributed by atoms with Gasteiger partial charge in [0, 0.05) is 36.7 Å². The molecular formula is C33H49NO17S. The Morgan fingerprint density at radius 3 is 1.46 bits per heavy atom. The van der Waals surface area contributed by atoms with Crippen molar-refractivity contribution in [1.29, 1.82) is 0 Å². The van der Waals surface area contributed by atoms with E-state index in [1.165, 1.54) is 24.6 Å². The highest BCUT2D eigenvalue weighted by atomic mass is 32.2. The third-order valence-electron chi connectivity index (χ3n) is 4.60. The predicted molar refractivity (Wildman–Crippen MR) is 185 cm³/mol. The van der Waals surface area contributed by atoms with Crippen molar-refractivity contribution in [2.24, 2.45) is 0 Å². The van der Waals surface area contributed by atoms with Crippen molar-refractivity contribution in [3.8, 4) is 0 Å². The van der Waals surface area contributed by atoms with Gasteiger partial charge in [-0.05, 0) is 19.1 Å². The summed E-state index contributed by atoms with van der Waals surface area (Å²) in [4.78, 5) is 45.4. The van der Waals surface area contributed by atoms with Gasteiger partial charge in [-0.3, -0.25) is 9.54 Å². The topological polar surface area (TPSA) is 239 Å². The molecule has 19 heteroatoms. The maximum atomic E-state index is 10.7. The Labute approximate surface area is 304 Å². The zero-order valence-electron chi connectivity index (χ0n) is 29.2. The van der Waals surface area contributed by atoms with Crippen molar-refractivity contribution in [1.82, 2.24) is 4.98 Å². The van der Waals surface area contributed by atoms with Crippen LogP contribution in [-0.2, 0) is 71.9 Å². The van der Waals surface area contributed by atoms with Crippen molar-refractivity contribution in [3.05, 3.63) is 88.0 Å². The van der Waals surface area contributed by atoms with Crippen LogP contribution >= 0.6 is 0 Å². The Balaban J connectivity index is -0.000000662. The number of ether oxygens (including phenoxy) is 9. The molecule has 294 valence electrons. The lowest BCUT2D eigenvalue weighted by molar-refractivity contribution is -0.157. The third kappa shape index (κ3) is 39.7. The number of hydrogen-bond acceptors (Lipinski definition) is 17. The van der Waals surface area contributed by atoms with Gasteiger partial charge in [0.2, 0.25) is 0 Å². The second kappa shape index (κ2) is 37.5. The van der Waals surface area contributed by atoms with Crippen molar-refractivity contribution >= 4 is 34.0 Å². The maximum Gasteiger partial charge on any atom is 0.330 e. The lowest BCUT2D eigenvalue weighted by Crippen LogP contribution is -2.20. The average Bonchev–Trinajstić information content (AvgIpc) is 3.15. The molecule has 0 spiro atoms. The molecule has 1 unspecified atom stereocenters. The van der Waals surface area contributed by atoms with E-state index in [-0.39, 0.29) is 51.1 Å². The van der Waals surface area contributed by atoms with E-state index in [4.69, 9.17) is 42.8 Å². The molecule has 1 aromatic rings. The summed E-state index contributed by atoms with van der Waals surface area (Å²) >= 11 is 0. The fraction of sp³-hybridized carbons (Fsp3) is 0.424. The van der Waals surface area contributed by atoms with E-state index in [0.717, 1.165) is 30.5 Å². The monoisotopic (exact) mass is 763 g/mol. The van der Waals surface area contributed by atoms with Crippen molar-refractivity contribution in [2.75, 3.05) is 79.3 Å². The molecule has 1 rings (SSSR count). The summed E-state index contributed by atoms with van der Waals surface area (Å²) in [5.74, 6) is -1.91. The van der Waals surface area contributed by atoms with E-state index < -0.39 is 40.3 Å². The molecule has 0 aliphatic carbocycles. The Hall–Kier alpha value is -4.76. The van der Waals surface area contributed by atoms with E-state index >= 15 is 0 Å². The second-order valence-electron chi connectivity index (χ2n) is 8.45. The van der Waals surface area contributed by atoms with Crippen LogP contribution in [0.1, 0.15) is 6.92 Å². The summed E-state index contributed by atoms with van der Waals surface area (Å²) in [5, 5.41) is 8.10. The summed E-state index contributed by atoms with van der Waals surface area (Å²) in [7, 11) is -4.07. The molecule has 0 bridgehead atoms. The van der Waals surface area contributed by atoms with Gasteiger partial charge in [0.25, 0.3) is 10.1 Å². The molecule has 1 aromatic heterocycles. The van der Waals surface area contributed by atoms with Crippen molar-refractivity contribution in [2.45, 2.75) is 18.1 Å². The van der Waals surface area contributed by atoms with Crippen molar-refractivity contribution < 1.29 is 79.9 Å². The summed E-state index contributed by atoms with van der Waals surface area (Å²) in [6, 6.07) is 2.70. The Morgan fingerprint density at radius 2 is 1.10 bits per heavy atom. The molecule has 0 radical (unpaired) electrons. The second-order valence-corrected chi connectivity index (χ2v) is 9.87. The Kier molecular flexibility index (Phi) is 37.2. The van der Waals surface area contributed by atoms with Crippen molar-refractivity contribution in [3.63, 3.8) is 0 Å². The van der Waals surface area contributed by atoms with Crippen LogP contribution in [0, 0.1) is 0 Å². The number of pyridine rings is 1. The molecule has 18 nitrogen and oxygen atoms in total. The number of aliphatic hydroxyl groups excluding tert-OH is 1. The highest BCUT2D eigenvalue weighted by Crippen LogP contribution is 2.03. The average molecular weight is 764 g/mol. The molecule has 0 amide bonds. The first-order valence-electron chi connectivity index (χ1n) is 15.1. The van der Waals surface area contributed by atoms with Gasteiger partial charge in [-0.25, -0.2) is 19.2 Å². The number of rotatable bonds is 25. The summed E-state index contributed by atoms with van der Waals surface area (Å²) in [6.45, 7) is 21.0. The van der Waals surface area contributed by atoms with E-state index in [1.807, 2.05) is 0 Å². The van der Waals surface area contributed by atoms with Gasteiger partial charge in [-0.1, -0.05) is 32.9 Å². The molecule has 0 saturated carbocycles. The largest absolute Gasteiger partial charge is 0.499 e. The van der Waals surface area contributed by atoms with Gasteiger partial charge in [0.05, 0.1) is 52.5 Å². The number of aliphatic hydroxyl groups is 1. The number of esters is 4. The molecule has 1 atom stereocenters. The summed E-state index contributed by atoms with van der Waals surface area (Å²) in [5.41, 5.74) is 0. The zero-order chi connectivity index (χ0) is 39.9. The molecule has 52 heavy (non-hydrogen) atoms. The van der Waals surface area contributed by atoms with Gasteiger partial charge >= 0.3 is 23.9 Å². The summed E-state index contributed by atoms with van der Waals surface area (Å²) < 4.78 is 73.1. The quantitative estimate of drug-likeness (QED) is 0.0274. The number of hydrogen-bond donors (Lipinski definition) is 2. The summed E-state index contributed by atoms with van der Waals surface area (Å²) in [6.07, 6.45) is 7.76. The van der Waals surface area contributed by atoms with Crippen LogP contribution < -0.4 is 0 Å². The first-order valence-corrected chi connectivity index (χ1v) is 16.5. The maximum absolute atomic E-state index is 10.7. The number of nitrogens with zero attached hydrogens (tertiary/aromatic N) is 1. The normalized spacial score (nSPS) is 10.3. The van der Waals surface area contributed by atoms with Gasteiger partial charge < -0.3 is 47.7 Å². The SMILES string of the molecule is C=CC(=O)OCCO.C=CC(=O)OCCOCCOC(C)OCCOC(=O)C=C.C=COCCOCCOC(=O)C=C.O=S(=O)(O)c1cccnc1. The van der Waals surface area contributed by atoms with Crippen LogP contribution in [0.4, 0.5) is 0 Å². The van der Waals surface area contributed by atoms with E-state index in [9.17, 15) is 27.6 Å². The minimum absolute atomic E-state index is 0.0465. The number of carbonyl (C=O) groups is 4. The van der Waals surface area contributed by atoms with Crippen LogP contribution in [0.5, 0.6) is 0 Å². The molecular weight excluding hydrogens is 714 g/mol. The lowest BCUT2D eigenvalue weighted by Gasteiger charge is -2.14. The molecule has 0 aliphatic heterocycles. The van der Waals surface area contributed by atoms with Gasteiger partial charge in [0.15, 0.2) is 6.29 Å². The standard InChI is InChI=1S/C14H22O7.C9H14O4.C5H5NO3S.C5H8O3/c1-4-13(15)20-9-7-17-6-8-18-12(3)19-10-11-21-14(16)5-2;1-3-9(10)13-8-7-12-6-5-11-4-2;7-10(8,9)5-2-1-3-6-4-5;1-2-5(7)8-4-3-6/h4-5,12H,1-2,6-11H2,3H3;3-4H,1-2,5-8H2;1-4H,(H,7,8,9);2,6H,1,3-4H2. The molecule has 0 saturated heterocycles. The molecule has 0 aliphatic rings. The van der Waals surface area contributed by atoms with Crippen LogP contribution in [0.15, 0.2) is 92.9 Å². The third-order valence-corrected chi connectivity index (χ3v) is 5.44. The smallest absolute Gasteiger partial charge is 0.330 e. The predicted octanol–water partition coefficient (Wildman–Crippen LogP) is 1.77. The molecule has 0 aromatic carbocycles. The molecule has 2 N–H and O–H groups in total. The Bertz CT molecular complexity index is 1260. The number of carbonyl (C=O) groups excluding carboxylic acids is 4. The number of aromatic nitrogens is 1. The fourth-order valence-electron chi connectivity index (χ4n) is 2.36. The van der Waals surface area contributed by atoms with E-state index in [1.54, 1.807) is 6.92 Å². The van der Waals surface area contributed by atoms with Crippen LogP contribution in [-0.4, -0.2) is 133 Å². The minimum atomic E-state index is -4.07. The van der Waals surface area contributed by atoms with Crippen LogP contribution in [0.2, 0.25) is 0 Å². The molecule has 0 fully saturated rings. The van der Waals surface area contributed by atoms with E-state index in [0.29, 0.717) is 33.0 Å². The fourth-order valence-corrected chi connectivity index (χ4v) is 2.80. The van der Waals surface area contributed by atoms with Crippen LogP contribution in [0.25, 0.3) is 0 Å². The highest BCUT2D eigenvalue weighted by Gasteiger charge is 2.07.